The van der Waals surface area contributed by atoms with Crippen LogP contribution in [0, 0.1) is 6.92 Å². The summed E-state index contributed by atoms with van der Waals surface area (Å²) in [6, 6.07) is 14.8. The van der Waals surface area contributed by atoms with Crippen molar-refractivity contribution < 1.29 is 9.32 Å². The van der Waals surface area contributed by atoms with E-state index in [1.165, 1.54) is 11.3 Å². The van der Waals surface area contributed by atoms with Gasteiger partial charge in [-0.05, 0) is 56.5 Å². The van der Waals surface area contributed by atoms with Crippen molar-refractivity contribution in [1.82, 2.24) is 15.1 Å². The maximum Gasteiger partial charge on any atom is 0.277 e. The van der Waals surface area contributed by atoms with E-state index in [2.05, 4.69) is 44.5 Å². The van der Waals surface area contributed by atoms with Crippen LogP contribution in [0.25, 0.3) is 10.6 Å². The Bertz CT molecular complexity index is 1180. The molecule has 0 unspecified atom stereocenters. The summed E-state index contributed by atoms with van der Waals surface area (Å²) in [5, 5.41) is 11.9. The number of nitrogens with zero attached hydrogens (tertiary/aromatic N) is 4. The van der Waals surface area contributed by atoms with Crippen molar-refractivity contribution in [2.24, 2.45) is 0 Å². The zero-order chi connectivity index (χ0) is 22.5. The molecule has 0 fully saturated rings. The maximum absolute atomic E-state index is 12.5. The SMILES string of the molecule is CCN(CC)c1cc(C)nc(Nc2ccc(NC(=O)c3cc(-c4cccs4)on3)cc2)n1. The second-order valence-electron chi connectivity index (χ2n) is 7.07. The number of aromatic nitrogens is 3. The summed E-state index contributed by atoms with van der Waals surface area (Å²) in [5.74, 6) is 1.67. The molecular weight excluding hydrogens is 424 g/mol. The summed E-state index contributed by atoms with van der Waals surface area (Å²) < 4.78 is 5.28. The predicted octanol–water partition coefficient (Wildman–Crippen LogP) is 5.34. The van der Waals surface area contributed by atoms with E-state index >= 15 is 0 Å². The normalized spacial score (nSPS) is 10.7. The fourth-order valence-corrected chi connectivity index (χ4v) is 3.87. The highest BCUT2D eigenvalue weighted by Gasteiger charge is 2.14. The van der Waals surface area contributed by atoms with Gasteiger partial charge in [-0.25, -0.2) is 4.98 Å². The number of aryl methyl sites for hydroxylation is 1. The predicted molar refractivity (Wildman–Crippen MR) is 128 cm³/mol. The first-order chi connectivity index (χ1) is 15.6. The lowest BCUT2D eigenvalue weighted by molar-refractivity contribution is 0.101. The third kappa shape index (κ3) is 4.94. The van der Waals surface area contributed by atoms with Crippen LogP contribution in [0.3, 0.4) is 0 Å². The largest absolute Gasteiger partial charge is 0.357 e. The Hall–Kier alpha value is -3.72. The molecule has 0 saturated carbocycles. The van der Waals surface area contributed by atoms with Crippen LogP contribution in [-0.4, -0.2) is 34.1 Å². The molecule has 2 N–H and O–H groups in total. The summed E-state index contributed by atoms with van der Waals surface area (Å²) >= 11 is 1.53. The van der Waals surface area contributed by atoms with E-state index in [1.54, 1.807) is 6.07 Å². The van der Waals surface area contributed by atoms with Gasteiger partial charge in [-0.2, -0.15) is 4.98 Å². The Morgan fingerprint density at radius 3 is 2.50 bits per heavy atom. The van der Waals surface area contributed by atoms with Gasteiger partial charge in [0.1, 0.15) is 5.82 Å². The molecule has 0 bridgehead atoms. The lowest BCUT2D eigenvalue weighted by atomic mass is 10.2. The number of carbonyl (C=O) groups is 1. The van der Waals surface area contributed by atoms with Crippen LogP contribution in [-0.2, 0) is 0 Å². The first kappa shape index (κ1) is 21.5. The molecule has 9 heteroatoms. The average Bonchev–Trinajstić information content (AvgIpc) is 3.48. The van der Waals surface area contributed by atoms with Crippen LogP contribution in [0.2, 0.25) is 0 Å². The second kappa shape index (κ2) is 9.61. The van der Waals surface area contributed by atoms with Gasteiger partial charge < -0.3 is 20.1 Å². The van der Waals surface area contributed by atoms with Crippen molar-refractivity contribution >= 4 is 40.4 Å². The van der Waals surface area contributed by atoms with Gasteiger partial charge in [0.25, 0.3) is 5.91 Å². The van der Waals surface area contributed by atoms with E-state index in [-0.39, 0.29) is 11.6 Å². The van der Waals surface area contributed by atoms with Gasteiger partial charge in [-0.15, -0.1) is 11.3 Å². The minimum atomic E-state index is -0.330. The Kier molecular flexibility index (Phi) is 6.46. The molecule has 164 valence electrons. The second-order valence-corrected chi connectivity index (χ2v) is 8.02. The van der Waals surface area contributed by atoms with Crippen molar-refractivity contribution in [2.45, 2.75) is 20.8 Å². The number of amides is 1. The first-order valence-electron chi connectivity index (χ1n) is 10.4. The Morgan fingerprint density at radius 1 is 1.06 bits per heavy atom. The molecule has 0 aliphatic carbocycles. The lowest BCUT2D eigenvalue weighted by Gasteiger charge is -2.20. The molecule has 0 radical (unpaired) electrons. The fourth-order valence-electron chi connectivity index (χ4n) is 3.20. The quantitative estimate of drug-likeness (QED) is 0.375. The molecule has 3 aromatic heterocycles. The first-order valence-corrected chi connectivity index (χ1v) is 11.2. The lowest BCUT2D eigenvalue weighted by Crippen LogP contribution is -2.23. The number of thiophene rings is 1. The number of hydrogen-bond acceptors (Lipinski definition) is 8. The van der Waals surface area contributed by atoms with Gasteiger partial charge >= 0.3 is 0 Å². The van der Waals surface area contributed by atoms with E-state index in [4.69, 9.17) is 4.52 Å². The highest BCUT2D eigenvalue weighted by Crippen LogP contribution is 2.26. The zero-order valence-corrected chi connectivity index (χ0v) is 18.9. The molecule has 8 nitrogen and oxygen atoms in total. The minimum absolute atomic E-state index is 0.229. The highest BCUT2D eigenvalue weighted by atomic mass is 32.1. The monoisotopic (exact) mass is 448 g/mol. The number of nitrogens with one attached hydrogen (secondary N) is 2. The molecule has 4 rings (SSSR count). The molecule has 32 heavy (non-hydrogen) atoms. The number of carbonyl (C=O) groups excluding carboxylic acids is 1. The third-order valence-corrected chi connectivity index (χ3v) is 5.72. The van der Waals surface area contributed by atoms with Crippen LogP contribution in [0.1, 0.15) is 30.0 Å². The molecule has 1 amide bonds. The summed E-state index contributed by atoms with van der Waals surface area (Å²) in [6.07, 6.45) is 0. The minimum Gasteiger partial charge on any atom is -0.357 e. The zero-order valence-electron chi connectivity index (χ0n) is 18.1. The Labute approximate surface area is 190 Å². The summed E-state index contributed by atoms with van der Waals surface area (Å²) in [7, 11) is 0. The Balaban J connectivity index is 1.42. The van der Waals surface area contributed by atoms with Gasteiger partial charge in [0.05, 0.1) is 4.88 Å². The molecule has 3 heterocycles. The summed E-state index contributed by atoms with van der Waals surface area (Å²) in [5.41, 5.74) is 2.59. The molecule has 0 atom stereocenters. The number of anilines is 4. The van der Waals surface area contributed by atoms with E-state index < -0.39 is 0 Å². The van der Waals surface area contributed by atoms with Gasteiger partial charge in [0.15, 0.2) is 11.5 Å². The van der Waals surface area contributed by atoms with Crippen LogP contribution < -0.4 is 15.5 Å². The fraction of sp³-hybridized carbons (Fsp3) is 0.217. The van der Waals surface area contributed by atoms with Crippen LogP contribution >= 0.6 is 11.3 Å². The maximum atomic E-state index is 12.5. The smallest absolute Gasteiger partial charge is 0.277 e. The van der Waals surface area contributed by atoms with E-state index in [0.29, 0.717) is 17.4 Å². The van der Waals surface area contributed by atoms with Gasteiger partial charge in [0, 0.05) is 42.3 Å². The number of rotatable bonds is 8. The third-order valence-electron chi connectivity index (χ3n) is 4.83. The molecule has 0 aliphatic heterocycles. The van der Waals surface area contributed by atoms with Crippen molar-refractivity contribution in [3.8, 4) is 10.6 Å². The van der Waals surface area contributed by atoms with Crippen LogP contribution in [0.5, 0.6) is 0 Å². The summed E-state index contributed by atoms with van der Waals surface area (Å²) in [4.78, 5) is 24.7. The highest BCUT2D eigenvalue weighted by molar-refractivity contribution is 7.13. The number of hydrogen-bond donors (Lipinski definition) is 2. The average molecular weight is 449 g/mol. The van der Waals surface area contributed by atoms with Gasteiger partial charge in [-0.3, -0.25) is 4.79 Å². The van der Waals surface area contributed by atoms with E-state index in [1.807, 2.05) is 54.8 Å². The van der Waals surface area contributed by atoms with Crippen LogP contribution in [0.15, 0.2) is 58.4 Å². The van der Waals surface area contributed by atoms with Crippen molar-refractivity contribution in [2.75, 3.05) is 28.6 Å². The molecule has 4 aromatic rings. The molecule has 0 aliphatic rings. The standard InChI is InChI=1S/C23H24N6O2S/c1-4-29(5-2)21-13-15(3)24-23(27-21)26-17-10-8-16(9-11-17)25-22(30)18-14-19(31-28-18)20-7-6-12-32-20/h6-14H,4-5H2,1-3H3,(H,25,30)(H,24,26,27). The summed E-state index contributed by atoms with van der Waals surface area (Å²) in [6.45, 7) is 7.90. The topological polar surface area (TPSA) is 96.2 Å². The van der Waals surface area contributed by atoms with Gasteiger partial charge in [0.2, 0.25) is 5.95 Å². The molecule has 1 aromatic carbocycles. The van der Waals surface area contributed by atoms with Crippen molar-refractivity contribution in [3.63, 3.8) is 0 Å². The van der Waals surface area contributed by atoms with Crippen molar-refractivity contribution in [1.29, 1.82) is 0 Å². The molecular formula is C23H24N6O2S. The molecule has 0 spiro atoms. The van der Waals surface area contributed by atoms with E-state index in [9.17, 15) is 4.79 Å². The number of benzene rings is 1. The van der Waals surface area contributed by atoms with Crippen molar-refractivity contribution in [3.05, 3.63) is 65.3 Å². The Morgan fingerprint density at radius 2 is 1.81 bits per heavy atom. The van der Waals surface area contributed by atoms with E-state index in [0.717, 1.165) is 35.2 Å². The molecule has 0 saturated heterocycles. The van der Waals surface area contributed by atoms with Gasteiger partial charge in [-0.1, -0.05) is 11.2 Å². The van der Waals surface area contributed by atoms with Crippen LogP contribution in [0.4, 0.5) is 23.1 Å².